The van der Waals surface area contributed by atoms with Crippen LogP contribution in [0.25, 0.3) is 0 Å². The Morgan fingerprint density at radius 3 is 2.11 bits per heavy atom. The van der Waals surface area contributed by atoms with Gasteiger partial charge in [-0.25, -0.2) is 0 Å². The molecule has 0 spiro atoms. The van der Waals surface area contributed by atoms with Gasteiger partial charge >= 0.3 is 5.97 Å². The van der Waals surface area contributed by atoms with E-state index in [-0.39, 0.29) is 18.0 Å². The Balaban J connectivity index is 2.45. The highest BCUT2D eigenvalue weighted by Gasteiger charge is 2.17. The van der Waals surface area contributed by atoms with Gasteiger partial charge < -0.3 is 21.7 Å². The molecule has 1 aromatic carbocycles. The second-order valence-corrected chi connectivity index (χ2v) is 4.39. The number of nitrogens with two attached hydrogens (primary N) is 2. The van der Waals surface area contributed by atoms with Crippen LogP contribution in [-0.2, 0) is 4.79 Å². The SMILES string of the molecule is NC(CCC[C@H](N)C(=O)O)C(=O)c1ccc(O)cc1. The van der Waals surface area contributed by atoms with Gasteiger partial charge in [-0.15, -0.1) is 0 Å². The van der Waals surface area contributed by atoms with Gasteiger partial charge in [-0.2, -0.15) is 0 Å². The lowest BCUT2D eigenvalue weighted by Gasteiger charge is -2.11. The second-order valence-electron chi connectivity index (χ2n) is 4.39. The van der Waals surface area contributed by atoms with Gasteiger partial charge in [0.25, 0.3) is 0 Å². The van der Waals surface area contributed by atoms with Crippen LogP contribution in [0.1, 0.15) is 29.6 Å². The summed E-state index contributed by atoms with van der Waals surface area (Å²) in [5.74, 6) is -1.21. The number of benzene rings is 1. The van der Waals surface area contributed by atoms with Crippen LogP contribution in [0.2, 0.25) is 0 Å². The van der Waals surface area contributed by atoms with E-state index in [1.54, 1.807) is 0 Å². The molecule has 0 radical (unpaired) electrons. The number of carbonyl (C=O) groups is 2. The topological polar surface area (TPSA) is 127 Å². The number of Topliss-reactive ketones (excluding diaryl/α,β-unsaturated/α-hetero) is 1. The van der Waals surface area contributed by atoms with E-state index >= 15 is 0 Å². The zero-order chi connectivity index (χ0) is 14.4. The first-order valence-electron chi connectivity index (χ1n) is 5.99. The summed E-state index contributed by atoms with van der Waals surface area (Å²) in [5.41, 5.74) is 11.5. The van der Waals surface area contributed by atoms with E-state index in [1.165, 1.54) is 24.3 Å². The maximum atomic E-state index is 11.9. The summed E-state index contributed by atoms with van der Waals surface area (Å²) >= 11 is 0. The molecule has 0 aliphatic rings. The first-order valence-corrected chi connectivity index (χ1v) is 5.99. The molecule has 2 atom stereocenters. The Morgan fingerprint density at radius 1 is 1.05 bits per heavy atom. The maximum Gasteiger partial charge on any atom is 0.320 e. The minimum atomic E-state index is -1.06. The van der Waals surface area contributed by atoms with E-state index < -0.39 is 18.1 Å². The minimum absolute atomic E-state index is 0.0811. The molecule has 0 aromatic heterocycles. The number of aromatic hydroxyl groups is 1. The van der Waals surface area contributed by atoms with Crippen LogP contribution in [-0.4, -0.2) is 34.0 Å². The van der Waals surface area contributed by atoms with Crippen molar-refractivity contribution in [2.45, 2.75) is 31.3 Å². The number of rotatable bonds is 7. The molecule has 19 heavy (non-hydrogen) atoms. The lowest BCUT2D eigenvalue weighted by molar-refractivity contribution is -0.138. The molecule has 0 saturated carbocycles. The monoisotopic (exact) mass is 266 g/mol. The van der Waals surface area contributed by atoms with Gasteiger partial charge in [-0.05, 0) is 43.5 Å². The lowest BCUT2D eigenvalue weighted by Crippen LogP contribution is -2.33. The summed E-state index contributed by atoms with van der Waals surface area (Å²) in [5, 5.41) is 17.7. The average molecular weight is 266 g/mol. The zero-order valence-corrected chi connectivity index (χ0v) is 10.5. The molecule has 1 unspecified atom stereocenters. The molecule has 104 valence electrons. The molecule has 0 saturated heterocycles. The predicted octanol–water partition coefficient (Wildman–Crippen LogP) is 0.484. The lowest BCUT2D eigenvalue weighted by atomic mass is 9.99. The Morgan fingerprint density at radius 2 is 1.58 bits per heavy atom. The molecule has 6 nitrogen and oxygen atoms in total. The summed E-state index contributed by atoms with van der Waals surface area (Å²) in [7, 11) is 0. The molecular weight excluding hydrogens is 248 g/mol. The van der Waals surface area contributed by atoms with Crippen molar-refractivity contribution < 1.29 is 19.8 Å². The van der Waals surface area contributed by atoms with Gasteiger partial charge in [0.2, 0.25) is 0 Å². The van der Waals surface area contributed by atoms with Crippen molar-refractivity contribution in [1.29, 1.82) is 0 Å². The van der Waals surface area contributed by atoms with Crippen molar-refractivity contribution in [2.24, 2.45) is 11.5 Å². The molecule has 0 bridgehead atoms. The Bertz CT molecular complexity index is 444. The van der Waals surface area contributed by atoms with E-state index in [9.17, 15) is 9.59 Å². The number of aliphatic carboxylic acids is 1. The number of hydrogen-bond acceptors (Lipinski definition) is 5. The van der Waals surface area contributed by atoms with E-state index in [4.69, 9.17) is 21.7 Å². The smallest absolute Gasteiger partial charge is 0.320 e. The fourth-order valence-corrected chi connectivity index (χ4v) is 1.65. The minimum Gasteiger partial charge on any atom is -0.508 e. The number of carboxylic acid groups (broad SMARTS) is 1. The van der Waals surface area contributed by atoms with E-state index in [0.717, 1.165) is 0 Å². The number of phenolic OH excluding ortho intramolecular Hbond substituents is 1. The molecule has 6 heteroatoms. The molecule has 0 amide bonds. The van der Waals surface area contributed by atoms with Crippen molar-refractivity contribution in [3.05, 3.63) is 29.8 Å². The van der Waals surface area contributed by atoms with Gasteiger partial charge in [0.1, 0.15) is 11.8 Å². The number of carbonyl (C=O) groups excluding carboxylic acids is 1. The second kappa shape index (κ2) is 6.86. The fourth-order valence-electron chi connectivity index (χ4n) is 1.65. The molecular formula is C13H18N2O4. The highest BCUT2D eigenvalue weighted by atomic mass is 16.4. The fraction of sp³-hybridized carbons (Fsp3) is 0.385. The maximum absolute atomic E-state index is 11.9. The highest BCUT2D eigenvalue weighted by Crippen LogP contribution is 2.13. The largest absolute Gasteiger partial charge is 0.508 e. The summed E-state index contributed by atoms with van der Waals surface area (Å²) in [6.45, 7) is 0. The Labute approximate surface area is 111 Å². The average Bonchev–Trinajstić information content (AvgIpc) is 2.38. The van der Waals surface area contributed by atoms with Crippen molar-refractivity contribution in [3.63, 3.8) is 0 Å². The predicted molar refractivity (Wildman–Crippen MR) is 69.9 cm³/mol. The molecule has 1 rings (SSSR count). The van der Waals surface area contributed by atoms with Crippen LogP contribution in [0.15, 0.2) is 24.3 Å². The van der Waals surface area contributed by atoms with Crippen molar-refractivity contribution in [3.8, 4) is 5.75 Å². The highest BCUT2D eigenvalue weighted by molar-refractivity contribution is 6.00. The Hall–Kier alpha value is -1.92. The van der Waals surface area contributed by atoms with E-state index in [1.807, 2.05) is 0 Å². The van der Waals surface area contributed by atoms with E-state index in [0.29, 0.717) is 18.4 Å². The third-order valence-corrected chi connectivity index (χ3v) is 2.84. The van der Waals surface area contributed by atoms with Crippen LogP contribution in [0.4, 0.5) is 0 Å². The summed E-state index contributed by atoms with van der Waals surface area (Å²) in [6, 6.07) is 4.23. The van der Waals surface area contributed by atoms with Crippen molar-refractivity contribution in [1.82, 2.24) is 0 Å². The number of carboxylic acids is 1. The first-order chi connectivity index (χ1) is 8.91. The summed E-state index contributed by atoms with van der Waals surface area (Å²) in [6.07, 6.45) is 1.13. The molecule has 0 fully saturated rings. The van der Waals surface area contributed by atoms with Crippen LogP contribution < -0.4 is 11.5 Å². The van der Waals surface area contributed by atoms with Crippen LogP contribution >= 0.6 is 0 Å². The Kier molecular flexibility index (Phi) is 5.47. The molecule has 1 aromatic rings. The van der Waals surface area contributed by atoms with Gasteiger partial charge in [0.15, 0.2) is 5.78 Å². The standard InChI is InChI=1S/C13H18N2O4/c14-10(2-1-3-11(15)13(18)19)12(17)8-4-6-9(16)7-5-8/h4-7,10-11,16H,1-3,14-15H2,(H,18,19)/t10?,11-/m0/s1. The summed E-state index contributed by atoms with van der Waals surface area (Å²) < 4.78 is 0. The van der Waals surface area contributed by atoms with Crippen molar-refractivity contribution in [2.75, 3.05) is 0 Å². The van der Waals surface area contributed by atoms with Crippen molar-refractivity contribution >= 4 is 11.8 Å². The third kappa shape index (κ3) is 4.69. The third-order valence-electron chi connectivity index (χ3n) is 2.84. The zero-order valence-electron chi connectivity index (χ0n) is 10.5. The summed E-state index contributed by atoms with van der Waals surface area (Å²) in [4.78, 5) is 22.4. The van der Waals surface area contributed by atoms with Crippen LogP contribution in [0.3, 0.4) is 0 Å². The van der Waals surface area contributed by atoms with Crippen LogP contribution in [0, 0.1) is 0 Å². The number of phenols is 1. The first kappa shape index (κ1) is 15.1. The van der Waals surface area contributed by atoms with Gasteiger partial charge in [0, 0.05) is 5.56 Å². The van der Waals surface area contributed by atoms with Gasteiger partial charge in [-0.3, -0.25) is 9.59 Å². The number of hydrogen-bond donors (Lipinski definition) is 4. The molecule has 0 heterocycles. The van der Waals surface area contributed by atoms with Gasteiger partial charge in [-0.1, -0.05) is 0 Å². The molecule has 6 N–H and O–H groups in total. The quantitative estimate of drug-likeness (QED) is 0.532. The number of ketones is 1. The molecule has 0 aliphatic carbocycles. The normalized spacial score (nSPS) is 13.8. The molecule has 0 aliphatic heterocycles. The van der Waals surface area contributed by atoms with E-state index in [2.05, 4.69) is 0 Å². The van der Waals surface area contributed by atoms with Crippen LogP contribution in [0.5, 0.6) is 5.75 Å². The van der Waals surface area contributed by atoms with Gasteiger partial charge in [0.05, 0.1) is 6.04 Å².